The standard InChI is InChI=1S/C10H13NO/c12-7-5-9-3-1-2-8-4-6-11-10(8)9/h1-3,11-12H,4-7H2. The Morgan fingerprint density at radius 2 is 2.33 bits per heavy atom. The van der Waals surface area contributed by atoms with Gasteiger partial charge in [-0.05, 0) is 24.0 Å². The lowest BCUT2D eigenvalue weighted by Crippen LogP contribution is -1.97. The minimum atomic E-state index is 0.234. The van der Waals surface area contributed by atoms with Gasteiger partial charge in [-0.1, -0.05) is 18.2 Å². The maximum absolute atomic E-state index is 8.82. The van der Waals surface area contributed by atoms with E-state index < -0.39 is 0 Å². The van der Waals surface area contributed by atoms with Crippen LogP contribution in [0.4, 0.5) is 5.69 Å². The lowest BCUT2D eigenvalue weighted by Gasteiger charge is -2.06. The van der Waals surface area contributed by atoms with Crippen LogP contribution in [0.1, 0.15) is 11.1 Å². The zero-order chi connectivity index (χ0) is 8.39. The number of rotatable bonds is 2. The van der Waals surface area contributed by atoms with Gasteiger partial charge >= 0.3 is 0 Å². The third kappa shape index (κ3) is 1.18. The Morgan fingerprint density at radius 1 is 1.42 bits per heavy atom. The molecule has 0 aliphatic carbocycles. The maximum atomic E-state index is 8.82. The second kappa shape index (κ2) is 3.15. The molecule has 64 valence electrons. The number of aliphatic hydroxyl groups excluding tert-OH is 1. The molecular formula is C10H13NO. The van der Waals surface area contributed by atoms with Crippen LogP contribution in [0.5, 0.6) is 0 Å². The fourth-order valence-electron chi connectivity index (χ4n) is 1.74. The smallest absolute Gasteiger partial charge is 0.0472 e. The van der Waals surface area contributed by atoms with E-state index in [2.05, 4.69) is 23.5 Å². The van der Waals surface area contributed by atoms with Crippen LogP contribution in [0.2, 0.25) is 0 Å². The van der Waals surface area contributed by atoms with Crippen molar-refractivity contribution in [3.05, 3.63) is 29.3 Å². The third-order valence-electron chi connectivity index (χ3n) is 2.31. The predicted octanol–water partition coefficient (Wildman–Crippen LogP) is 1.19. The average Bonchev–Trinajstić information content (AvgIpc) is 2.53. The number of para-hydroxylation sites is 1. The molecule has 1 heterocycles. The van der Waals surface area contributed by atoms with Gasteiger partial charge in [-0.25, -0.2) is 0 Å². The van der Waals surface area contributed by atoms with Crippen LogP contribution in [0.15, 0.2) is 18.2 Å². The normalized spacial score (nSPS) is 14.1. The number of fused-ring (bicyclic) bond motifs is 1. The molecule has 1 aliphatic heterocycles. The lowest BCUT2D eigenvalue weighted by atomic mass is 10.1. The molecule has 1 aromatic rings. The van der Waals surface area contributed by atoms with Gasteiger partial charge < -0.3 is 10.4 Å². The van der Waals surface area contributed by atoms with E-state index >= 15 is 0 Å². The topological polar surface area (TPSA) is 32.3 Å². The van der Waals surface area contributed by atoms with Crippen molar-refractivity contribution in [3.8, 4) is 0 Å². The minimum absolute atomic E-state index is 0.234. The van der Waals surface area contributed by atoms with Crippen molar-refractivity contribution in [2.24, 2.45) is 0 Å². The van der Waals surface area contributed by atoms with E-state index in [0.717, 1.165) is 19.4 Å². The SMILES string of the molecule is OCCc1cccc2c1NCC2. The summed E-state index contributed by atoms with van der Waals surface area (Å²) < 4.78 is 0. The third-order valence-corrected chi connectivity index (χ3v) is 2.31. The predicted molar refractivity (Wildman–Crippen MR) is 49.4 cm³/mol. The van der Waals surface area contributed by atoms with Gasteiger partial charge in [0, 0.05) is 18.8 Å². The van der Waals surface area contributed by atoms with Crippen LogP contribution in [0.25, 0.3) is 0 Å². The first-order valence-electron chi connectivity index (χ1n) is 4.37. The summed E-state index contributed by atoms with van der Waals surface area (Å²) in [5.74, 6) is 0. The first kappa shape index (κ1) is 7.62. The van der Waals surface area contributed by atoms with Gasteiger partial charge in [0.05, 0.1) is 0 Å². The summed E-state index contributed by atoms with van der Waals surface area (Å²) in [7, 11) is 0. The van der Waals surface area contributed by atoms with Crippen LogP contribution >= 0.6 is 0 Å². The second-order valence-electron chi connectivity index (χ2n) is 3.10. The van der Waals surface area contributed by atoms with E-state index in [-0.39, 0.29) is 6.61 Å². The fourth-order valence-corrected chi connectivity index (χ4v) is 1.74. The highest BCUT2D eigenvalue weighted by Gasteiger charge is 2.12. The van der Waals surface area contributed by atoms with E-state index in [0.29, 0.717) is 0 Å². The zero-order valence-corrected chi connectivity index (χ0v) is 7.01. The van der Waals surface area contributed by atoms with Crippen molar-refractivity contribution >= 4 is 5.69 Å². The Kier molecular flexibility index (Phi) is 2.00. The van der Waals surface area contributed by atoms with Gasteiger partial charge in [0.2, 0.25) is 0 Å². The molecule has 2 N–H and O–H groups in total. The van der Waals surface area contributed by atoms with Crippen molar-refractivity contribution in [1.29, 1.82) is 0 Å². The summed E-state index contributed by atoms with van der Waals surface area (Å²) in [4.78, 5) is 0. The Bertz CT molecular complexity index is 283. The van der Waals surface area contributed by atoms with Crippen molar-refractivity contribution in [2.75, 3.05) is 18.5 Å². The summed E-state index contributed by atoms with van der Waals surface area (Å²) in [6.07, 6.45) is 1.88. The molecule has 0 unspecified atom stereocenters. The number of hydrogen-bond donors (Lipinski definition) is 2. The van der Waals surface area contributed by atoms with Crippen LogP contribution in [0.3, 0.4) is 0 Å². The molecule has 1 aromatic carbocycles. The lowest BCUT2D eigenvalue weighted by molar-refractivity contribution is 0.300. The second-order valence-corrected chi connectivity index (χ2v) is 3.10. The first-order valence-corrected chi connectivity index (χ1v) is 4.37. The summed E-state index contributed by atoms with van der Waals surface area (Å²) in [6, 6.07) is 6.29. The van der Waals surface area contributed by atoms with Crippen molar-refractivity contribution in [1.82, 2.24) is 0 Å². The molecule has 12 heavy (non-hydrogen) atoms. The molecule has 0 atom stereocenters. The van der Waals surface area contributed by atoms with Gasteiger partial charge in [-0.3, -0.25) is 0 Å². The van der Waals surface area contributed by atoms with E-state index in [1.165, 1.54) is 16.8 Å². The summed E-state index contributed by atoms with van der Waals surface area (Å²) in [5.41, 5.74) is 3.89. The molecule has 0 saturated heterocycles. The molecule has 2 nitrogen and oxygen atoms in total. The van der Waals surface area contributed by atoms with Gasteiger partial charge in [0.25, 0.3) is 0 Å². The molecular weight excluding hydrogens is 150 g/mol. The Labute approximate surface area is 72.2 Å². The monoisotopic (exact) mass is 163 g/mol. The summed E-state index contributed by atoms with van der Waals surface area (Å²) in [6.45, 7) is 1.27. The molecule has 2 heteroatoms. The Hall–Kier alpha value is -1.02. The Balaban J connectivity index is 2.36. The number of nitrogens with one attached hydrogen (secondary N) is 1. The van der Waals surface area contributed by atoms with Crippen LogP contribution in [0, 0.1) is 0 Å². The molecule has 1 aliphatic rings. The highest BCUT2D eigenvalue weighted by Crippen LogP contribution is 2.26. The molecule has 0 fully saturated rings. The molecule has 0 radical (unpaired) electrons. The van der Waals surface area contributed by atoms with Gasteiger partial charge in [-0.15, -0.1) is 0 Å². The quantitative estimate of drug-likeness (QED) is 0.686. The number of anilines is 1. The largest absolute Gasteiger partial charge is 0.396 e. The van der Waals surface area contributed by atoms with Gasteiger partial charge in [0.15, 0.2) is 0 Å². The minimum Gasteiger partial charge on any atom is -0.396 e. The van der Waals surface area contributed by atoms with Crippen molar-refractivity contribution in [2.45, 2.75) is 12.8 Å². The molecule has 2 rings (SSSR count). The molecule has 0 amide bonds. The van der Waals surface area contributed by atoms with Crippen molar-refractivity contribution in [3.63, 3.8) is 0 Å². The maximum Gasteiger partial charge on any atom is 0.0472 e. The Morgan fingerprint density at radius 3 is 3.17 bits per heavy atom. The van der Waals surface area contributed by atoms with Crippen LogP contribution in [-0.2, 0) is 12.8 Å². The first-order chi connectivity index (χ1) is 5.92. The van der Waals surface area contributed by atoms with Gasteiger partial charge in [-0.2, -0.15) is 0 Å². The van der Waals surface area contributed by atoms with E-state index in [4.69, 9.17) is 5.11 Å². The highest BCUT2D eigenvalue weighted by molar-refractivity contribution is 5.61. The zero-order valence-electron chi connectivity index (χ0n) is 7.01. The molecule has 0 bridgehead atoms. The van der Waals surface area contributed by atoms with Gasteiger partial charge in [0.1, 0.15) is 0 Å². The van der Waals surface area contributed by atoms with E-state index in [1.807, 2.05) is 0 Å². The van der Waals surface area contributed by atoms with Crippen molar-refractivity contribution < 1.29 is 5.11 Å². The molecule has 0 saturated carbocycles. The van der Waals surface area contributed by atoms with E-state index in [1.54, 1.807) is 0 Å². The number of hydrogen-bond acceptors (Lipinski definition) is 2. The highest BCUT2D eigenvalue weighted by atomic mass is 16.2. The number of aliphatic hydroxyl groups is 1. The van der Waals surface area contributed by atoms with Crippen LogP contribution < -0.4 is 5.32 Å². The number of benzene rings is 1. The molecule has 0 spiro atoms. The van der Waals surface area contributed by atoms with E-state index in [9.17, 15) is 0 Å². The summed E-state index contributed by atoms with van der Waals surface area (Å²) in [5, 5.41) is 12.2. The molecule has 0 aromatic heterocycles. The summed E-state index contributed by atoms with van der Waals surface area (Å²) >= 11 is 0. The van der Waals surface area contributed by atoms with Crippen LogP contribution in [-0.4, -0.2) is 18.3 Å². The fraction of sp³-hybridized carbons (Fsp3) is 0.400. The average molecular weight is 163 g/mol.